The highest BCUT2D eigenvalue weighted by Gasteiger charge is 2.50. The zero-order chi connectivity index (χ0) is 32.6. The molecule has 0 atom stereocenters. The second kappa shape index (κ2) is 15.5. The summed E-state index contributed by atoms with van der Waals surface area (Å²) in [6, 6.07) is 36.3. The van der Waals surface area contributed by atoms with Gasteiger partial charge in [-0.1, -0.05) is 105 Å². The quantitative estimate of drug-likeness (QED) is 0.0730. The monoisotopic (exact) mass is 669 g/mol. The molecule has 0 fully saturated rings. The van der Waals surface area contributed by atoms with E-state index in [1.165, 1.54) is 31.9 Å². The number of halogens is 1. The number of rotatable bonds is 14. The molecule has 0 bridgehead atoms. The molecule has 0 amide bonds. The van der Waals surface area contributed by atoms with E-state index in [1.807, 2.05) is 24.8 Å². The fourth-order valence-corrected chi connectivity index (χ4v) is 12.0. The van der Waals surface area contributed by atoms with Crippen molar-refractivity contribution >= 4 is 58.9 Å². The molecular formula is C39H44ClNO3SSi. The number of nitrogens with one attached hydrogen (secondary N) is 1. The molecule has 0 aliphatic carbocycles. The van der Waals surface area contributed by atoms with Crippen molar-refractivity contribution in [2.24, 2.45) is 0 Å². The SMILES string of the molecule is CCOC(=O)CCc1ccc(SCCc2c(CCO[Si](c3ccccc3)(c3ccccc3)C(C)(C)C)[nH]c3ccc(Cl)cc23)cc1. The lowest BCUT2D eigenvalue weighted by molar-refractivity contribution is -0.143. The summed E-state index contributed by atoms with van der Waals surface area (Å²) in [7, 11) is -2.62. The number of H-pyrrole nitrogens is 1. The molecule has 0 radical (unpaired) electrons. The number of hydrogen-bond donors (Lipinski definition) is 1. The molecule has 5 aromatic rings. The Morgan fingerprint density at radius 3 is 2.11 bits per heavy atom. The molecule has 0 unspecified atom stereocenters. The predicted molar refractivity (Wildman–Crippen MR) is 196 cm³/mol. The second-order valence-electron chi connectivity index (χ2n) is 12.6. The van der Waals surface area contributed by atoms with Gasteiger partial charge in [-0.15, -0.1) is 11.8 Å². The van der Waals surface area contributed by atoms with Crippen LogP contribution >= 0.6 is 23.4 Å². The Balaban J connectivity index is 1.33. The summed E-state index contributed by atoms with van der Waals surface area (Å²) >= 11 is 8.33. The minimum absolute atomic E-state index is 0.0719. The van der Waals surface area contributed by atoms with Crippen LogP contribution in [0.5, 0.6) is 0 Å². The highest BCUT2D eigenvalue weighted by molar-refractivity contribution is 7.99. The molecule has 240 valence electrons. The number of aromatic amines is 1. The lowest BCUT2D eigenvalue weighted by Crippen LogP contribution is -2.66. The topological polar surface area (TPSA) is 51.3 Å². The van der Waals surface area contributed by atoms with Crippen molar-refractivity contribution in [1.29, 1.82) is 0 Å². The molecule has 1 aromatic heterocycles. The molecule has 1 heterocycles. The number of aromatic nitrogens is 1. The van der Waals surface area contributed by atoms with Gasteiger partial charge in [0, 0.05) is 51.7 Å². The minimum Gasteiger partial charge on any atom is -0.466 e. The van der Waals surface area contributed by atoms with Crippen LogP contribution in [0.2, 0.25) is 10.1 Å². The molecular weight excluding hydrogens is 626 g/mol. The highest BCUT2D eigenvalue weighted by Crippen LogP contribution is 2.37. The van der Waals surface area contributed by atoms with E-state index in [-0.39, 0.29) is 11.0 Å². The summed E-state index contributed by atoms with van der Waals surface area (Å²) in [6.45, 7) is 9.83. The second-order valence-corrected chi connectivity index (χ2v) is 18.5. The smallest absolute Gasteiger partial charge is 0.306 e. The Morgan fingerprint density at radius 1 is 0.848 bits per heavy atom. The van der Waals surface area contributed by atoms with Crippen LogP contribution in [0.25, 0.3) is 10.9 Å². The normalized spacial score (nSPS) is 12.0. The van der Waals surface area contributed by atoms with Gasteiger partial charge in [-0.3, -0.25) is 4.79 Å². The zero-order valence-electron chi connectivity index (χ0n) is 27.3. The molecule has 0 aliphatic rings. The van der Waals surface area contributed by atoms with Gasteiger partial charge in [-0.05, 0) is 76.6 Å². The third-order valence-corrected chi connectivity index (χ3v) is 14.8. The Morgan fingerprint density at radius 2 is 1.50 bits per heavy atom. The zero-order valence-corrected chi connectivity index (χ0v) is 29.8. The van der Waals surface area contributed by atoms with E-state index in [9.17, 15) is 4.79 Å². The van der Waals surface area contributed by atoms with Crippen LogP contribution in [0.4, 0.5) is 0 Å². The molecule has 0 saturated carbocycles. The largest absolute Gasteiger partial charge is 0.466 e. The van der Waals surface area contributed by atoms with Gasteiger partial charge in [0.25, 0.3) is 8.32 Å². The van der Waals surface area contributed by atoms with Crippen molar-refractivity contribution in [2.45, 2.75) is 63.3 Å². The van der Waals surface area contributed by atoms with Gasteiger partial charge in [0.05, 0.1) is 6.61 Å². The number of ether oxygens (including phenoxy) is 1. The maximum absolute atomic E-state index is 11.7. The molecule has 4 nitrogen and oxygen atoms in total. The summed E-state index contributed by atoms with van der Waals surface area (Å²) in [4.78, 5) is 16.7. The Hall–Kier alpha value is -3.29. The number of fused-ring (bicyclic) bond motifs is 1. The van der Waals surface area contributed by atoms with Crippen molar-refractivity contribution in [3.8, 4) is 0 Å². The van der Waals surface area contributed by atoms with Crippen molar-refractivity contribution in [3.63, 3.8) is 0 Å². The van der Waals surface area contributed by atoms with Gasteiger partial charge in [-0.25, -0.2) is 0 Å². The summed E-state index contributed by atoms with van der Waals surface area (Å²) in [5.41, 5.74) is 4.77. The first-order chi connectivity index (χ1) is 22.2. The van der Waals surface area contributed by atoms with Crippen LogP contribution in [-0.4, -0.2) is 38.2 Å². The van der Waals surface area contributed by atoms with Crippen molar-refractivity contribution < 1.29 is 14.0 Å². The maximum atomic E-state index is 11.7. The van der Waals surface area contributed by atoms with Crippen molar-refractivity contribution in [2.75, 3.05) is 19.0 Å². The summed E-state index contributed by atoms with van der Waals surface area (Å²) < 4.78 is 12.3. The highest BCUT2D eigenvalue weighted by atomic mass is 35.5. The number of esters is 1. The van der Waals surface area contributed by atoms with Crippen LogP contribution in [0.15, 0.2) is 108 Å². The van der Waals surface area contributed by atoms with E-state index < -0.39 is 8.32 Å². The maximum Gasteiger partial charge on any atom is 0.306 e. The van der Waals surface area contributed by atoms with Crippen molar-refractivity contribution in [1.82, 2.24) is 4.98 Å². The molecule has 5 rings (SSSR count). The van der Waals surface area contributed by atoms with Crippen molar-refractivity contribution in [3.05, 3.63) is 125 Å². The number of thioether (sulfide) groups is 1. The molecule has 1 N–H and O–H groups in total. The van der Waals surface area contributed by atoms with Gasteiger partial charge >= 0.3 is 5.97 Å². The lowest BCUT2D eigenvalue weighted by atomic mass is 10.1. The Bertz CT molecular complexity index is 1680. The van der Waals surface area contributed by atoms with E-state index in [0.29, 0.717) is 26.1 Å². The first-order valence-corrected chi connectivity index (χ1v) is 19.4. The predicted octanol–water partition coefficient (Wildman–Crippen LogP) is 8.77. The van der Waals surface area contributed by atoms with Crippen LogP contribution in [0, 0.1) is 0 Å². The average Bonchev–Trinajstić information content (AvgIpc) is 3.39. The van der Waals surface area contributed by atoms with E-state index in [2.05, 4.69) is 123 Å². The number of carbonyl (C=O) groups is 1. The number of hydrogen-bond acceptors (Lipinski definition) is 4. The molecule has 0 saturated heterocycles. The van der Waals surface area contributed by atoms with Crippen LogP contribution < -0.4 is 10.4 Å². The van der Waals surface area contributed by atoms with Gasteiger partial charge in [-0.2, -0.15) is 0 Å². The third-order valence-electron chi connectivity index (χ3n) is 8.51. The van der Waals surface area contributed by atoms with Crippen LogP contribution in [-0.2, 0) is 33.2 Å². The van der Waals surface area contributed by atoms with Gasteiger partial charge in [0.15, 0.2) is 0 Å². The standard InChI is InChI=1S/C39H44ClNO3SSi/c1-5-43-38(42)23-18-29-16-20-31(21-17-29)45-27-25-34-35-28-30(40)19-22-36(35)41-37(34)24-26-44-46(39(2,3)4,32-12-8-6-9-13-32)33-14-10-7-11-15-33/h6-17,19-22,28,41H,5,18,23-27H2,1-4H3. The molecule has 4 aromatic carbocycles. The Labute approximate surface area is 284 Å². The third kappa shape index (κ3) is 7.98. The summed E-state index contributed by atoms with van der Waals surface area (Å²) in [5, 5.41) is 4.44. The van der Waals surface area contributed by atoms with Crippen LogP contribution in [0.1, 0.15) is 50.9 Å². The lowest BCUT2D eigenvalue weighted by Gasteiger charge is -2.43. The summed E-state index contributed by atoms with van der Waals surface area (Å²) in [5.74, 6) is 0.789. The molecule has 0 spiro atoms. The minimum atomic E-state index is -2.62. The number of carbonyl (C=O) groups excluding carboxylic acids is 1. The van der Waals surface area contributed by atoms with E-state index >= 15 is 0 Å². The fourth-order valence-electron chi connectivity index (χ4n) is 6.35. The average molecular weight is 670 g/mol. The molecule has 7 heteroatoms. The van der Waals surface area contributed by atoms with Crippen LogP contribution in [0.3, 0.4) is 0 Å². The number of benzene rings is 4. The summed E-state index contributed by atoms with van der Waals surface area (Å²) in [6.07, 6.45) is 2.79. The van der Waals surface area contributed by atoms with Gasteiger partial charge in [0.2, 0.25) is 0 Å². The van der Waals surface area contributed by atoms with E-state index in [4.69, 9.17) is 20.8 Å². The van der Waals surface area contributed by atoms with Gasteiger partial charge < -0.3 is 14.1 Å². The first-order valence-electron chi connectivity index (χ1n) is 16.1. The first kappa shape index (κ1) is 34.1. The van der Waals surface area contributed by atoms with E-state index in [1.54, 1.807) is 0 Å². The van der Waals surface area contributed by atoms with Gasteiger partial charge in [0.1, 0.15) is 0 Å². The van der Waals surface area contributed by atoms with E-state index in [0.717, 1.165) is 34.7 Å². The molecule has 46 heavy (non-hydrogen) atoms. The number of aryl methyl sites for hydroxylation is 2. The Kier molecular flexibility index (Phi) is 11.5. The fraction of sp³-hybridized carbons (Fsp3) is 0.308. The molecule has 0 aliphatic heterocycles.